The zero-order valence-corrected chi connectivity index (χ0v) is 21.5. The molecular formula is C25H30IN7O. The van der Waals surface area contributed by atoms with Gasteiger partial charge in [-0.1, -0.05) is 30.3 Å². The van der Waals surface area contributed by atoms with Crippen LogP contribution in [0.3, 0.4) is 0 Å². The largest absolute Gasteiger partial charge is 0.361 e. The van der Waals surface area contributed by atoms with E-state index in [-0.39, 0.29) is 36.4 Å². The van der Waals surface area contributed by atoms with E-state index in [9.17, 15) is 4.79 Å². The standard InChI is InChI=1S/C25H29N7O.HI/c1-2-26-25(27-13-11-20-17-28-23-10-4-3-9-22(20)23)29-16-19-7-5-8-21(15-19)31-24(33)18-32-14-6-12-30-32;/h3-10,12,14-15,17,28H,2,11,13,16,18H2,1H3,(H,31,33)(H2,26,27,29);1H. The van der Waals surface area contributed by atoms with Gasteiger partial charge in [0.1, 0.15) is 6.54 Å². The van der Waals surface area contributed by atoms with Crippen molar-refractivity contribution in [1.82, 2.24) is 25.4 Å². The Balaban J connectivity index is 0.00000324. The molecule has 2 heterocycles. The van der Waals surface area contributed by atoms with Crippen molar-refractivity contribution in [3.8, 4) is 0 Å². The normalized spacial score (nSPS) is 11.1. The first-order valence-corrected chi connectivity index (χ1v) is 11.1. The van der Waals surface area contributed by atoms with E-state index in [1.54, 1.807) is 23.1 Å². The number of aromatic nitrogens is 3. The molecule has 34 heavy (non-hydrogen) atoms. The fraction of sp³-hybridized carbons (Fsp3) is 0.240. The average molecular weight is 571 g/mol. The summed E-state index contributed by atoms with van der Waals surface area (Å²) < 4.78 is 1.59. The van der Waals surface area contributed by atoms with Gasteiger partial charge in [0.05, 0.1) is 6.54 Å². The van der Waals surface area contributed by atoms with Crippen molar-refractivity contribution in [2.75, 3.05) is 18.4 Å². The van der Waals surface area contributed by atoms with Gasteiger partial charge in [0.25, 0.3) is 0 Å². The molecule has 2 aromatic carbocycles. The third kappa shape index (κ3) is 7.08. The molecular weight excluding hydrogens is 541 g/mol. The molecule has 178 valence electrons. The van der Waals surface area contributed by atoms with Gasteiger partial charge in [-0.2, -0.15) is 5.10 Å². The second kappa shape index (κ2) is 12.8. The molecule has 0 saturated carbocycles. The Morgan fingerprint density at radius 2 is 2.00 bits per heavy atom. The smallest absolute Gasteiger partial charge is 0.246 e. The van der Waals surface area contributed by atoms with E-state index in [1.807, 2.05) is 37.3 Å². The van der Waals surface area contributed by atoms with Gasteiger partial charge in [-0.05, 0) is 48.7 Å². The van der Waals surface area contributed by atoms with E-state index < -0.39 is 0 Å². The topological polar surface area (TPSA) is 99.1 Å². The van der Waals surface area contributed by atoms with Gasteiger partial charge in [-0.3, -0.25) is 9.48 Å². The minimum Gasteiger partial charge on any atom is -0.361 e. The first-order chi connectivity index (χ1) is 16.2. The molecule has 0 unspecified atom stereocenters. The second-order valence-corrected chi connectivity index (χ2v) is 7.68. The van der Waals surface area contributed by atoms with Crippen molar-refractivity contribution < 1.29 is 4.79 Å². The first-order valence-electron chi connectivity index (χ1n) is 11.1. The number of rotatable bonds is 9. The number of guanidine groups is 1. The summed E-state index contributed by atoms with van der Waals surface area (Å²) in [6, 6.07) is 17.9. The zero-order valence-electron chi connectivity index (χ0n) is 19.1. The summed E-state index contributed by atoms with van der Waals surface area (Å²) in [5.41, 5.74) is 4.20. The van der Waals surface area contributed by atoms with Crippen LogP contribution in [0, 0.1) is 0 Å². The van der Waals surface area contributed by atoms with Crippen LogP contribution in [0.15, 0.2) is 78.2 Å². The number of anilines is 1. The minimum atomic E-state index is -0.119. The summed E-state index contributed by atoms with van der Waals surface area (Å²) in [5, 5.41) is 14.9. The van der Waals surface area contributed by atoms with Crippen LogP contribution in [0.5, 0.6) is 0 Å². The summed E-state index contributed by atoms with van der Waals surface area (Å²) in [7, 11) is 0. The minimum absolute atomic E-state index is 0. The van der Waals surface area contributed by atoms with Crippen molar-refractivity contribution in [1.29, 1.82) is 0 Å². The molecule has 2 aromatic heterocycles. The van der Waals surface area contributed by atoms with Gasteiger partial charge in [0.15, 0.2) is 5.96 Å². The Kier molecular flexibility index (Phi) is 9.51. The highest BCUT2D eigenvalue weighted by Crippen LogP contribution is 2.17. The monoisotopic (exact) mass is 571 g/mol. The molecule has 0 spiro atoms. The maximum absolute atomic E-state index is 12.2. The van der Waals surface area contributed by atoms with E-state index in [1.165, 1.54) is 10.9 Å². The van der Waals surface area contributed by atoms with Gasteiger partial charge in [0.2, 0.25) is 5.91 Å². The third-order valence-corrected chi connectivity index (χ3v) is 5.20. The lowest BCUT2D eigenvalue weighted by Crippen LogP contribution is -2.38. The molecule has 4 aromatic rings. The number of H-pyrrole nitrogens is 1. The van der Waals surface area contributed by atoms with Gasteiger partial charge in [0, 0.05) is 48.3 Å². The lowest BCUT2D eigenvalue weighted by Gasteiger charge is -2.11. The predicted octanol–water partition coefficient (Wildman–Crippen LogP) is 3.92. The maximum atomic E-state index is 12.2. The molecule has 9 heteroatoms. The summed E-state index contributed by atoms with van der Waals surface area (Å²) in [4.78, 5) is 20.2. The number of benzene rings is 2. The molecule has 4 rings (SSSR count). The fourth-order valence-corrected chi connectivity index (χ4v) is 3.66. The van der Waals surface area contributed by atoms with Crippen molar-refractivity contribution >= 4 is 52.4 Å². The summed E-state index contributed by atoms with van der Waals surface area (Å²) in [5.74, 6) is 0.650. The summed E-state index contributed by atoms with van der Waals surface area (Å²) >= 11 is 0. The number of aliphatic imine (C=N–C) groups is 1. The highest BCUT2D eigenvalue weighted by Gasteiger charge is 2.06. The molecule has 0 fully saturated rings. The van der Waals surface area contributed by atoms with Crippen LogP contribution in [0.25, 0.3) is 10.9 Å². The average Bonchev–Trinajstić information content (AvgIpc) is 3.48. The molecule has 0 saturated heterocycles. The van der Waals surface area contributed by atoms with Crippen LogP contribution in [-0.4, -0.2) is 39.7 Å². The van der Waals surface area contributed by atoms with Gasteiger partial charge in [-0.25, -0.2) is 4.99 Å². The molecule has 0 aliphatic carbocycles. The molecule has 0 aliphatic heterocycles. The highest BCUT2D eigenvalue weighted by atomic mass is 127. The van der Waals surface area contributed by atoms with E-state index in [4.69, 9.17) is 4.99 Å². The molecule has 0 radical (unpaired) electrons. The highest BCUT2D eigenvalue weighted by molar-refractivity contribution is 14.0. The molecule has 0 bridgehead atoms. The number of halogens is 1. The molecule has 8 nitrogen and oxygen atoms in total. The van der Waals surface area contributed by atoms with Crippen molar-refractivity contribution in [2.45, 2.75) is 26.4 Å². The lowest BCUT2D eigenvalue weighted by atomic mass is 10.1. The maximum Gasteiger partial charge on any atom is 0.246 e. The summed E-state index contributed by atoms with van der Waals surface area (Å²) in [6.45, 7) is 4.29. The number of amides is 1. The molecule has 4 N–H and O–H groups in total. The van der Waals surface area contributed by atoms with Gasteiger partial charge >= 0.3 is 0 Å². The number of carbonyl (C=O) groups excluding carboxylic acids is 1. The number of para-hydroxylation sites is 1. The number of fused-ring (bicyclic) bond motifs is 1. The van der Waals surface area contributed by atoms with Crippen LogP contribution >= 0.6 is 24.0 Å². The summed E-state index contributed by atoms with van der Waals surface area (Å²) in [6.07, 6.45) is 6.38. The Hall–Kier alpha value is -3.34. The van der Waals surface area contributed by atoms with Crippen LogP contribution in [-0.2, 0) is 24.3 Å². The second-order valence-electron chi connectivity index (χ2n) is 7.68. The Labute approximate surface area is 216 Å². The Bertz CT molecular complexity index is 1220. The van der Waals surface area contributed by atoms with E-state index >= 15 is 0 Å². The molecule has 1 amide bonds. The van der Waals surface area contributed by atoms with Crippen LogP contribution < -0.4 is 16.0 Å². The lowest BCUT2D eigenvalue weighted by molar-refractivity contribution is -0.116. The van der Waals surface area contributed by atoms with E-state index in [0.29, 0.717) is 6.54 Å². The Morgan fingerprint density at radius 1 is 1.12 bits per heavy atom. The van der Waals surface area contributed by atoms with Gasteiger partial charge in [-0.15, -0.1) is 24.0 Å². The molecule has 0 atom stereocenters. The number of hydrogen-bond donors (Lipinski definition) is 4. The number of hydrogen-bond acceptors (Lipinski definition) is 3. The fourth-order valence-electron chi connectivity index (χ4n) is 3.66. The quantitative estimate of drug-likeness (QED) is 0.139. The van der Waals surface area contributed by atoms with Crippen molar-refractivity contribution in [2.24, 2.45) is 4.99 Å². The number of nitrogens with zero attached hydrogens (tertiary/aromatic N) is 3. The van der Waals surface area contributed by atoms with E-state index in [2.05, 4.69) is 50.4 Å². The number of carbonyl (C=O) groups is 1. The van der Waals surface area contributed by atoms with Crippen molar-refractivity contribution in [3.63, 3.8) is 0 Å². The number of aromatic amines is 1. The SMILES string of the molecule is CCNC(=NCc1cccc(NC(=O)Cn2cccn2)c1)NCCc1c[nH]c2ccccc12.I. The Morgan fingerprint density at radius 3 is 2.82 bits per heavy atom. The zero-order chi connectivity index (χ0) is 22.9. The number of nitrogens with one attached hydrogen (secondary N) is 4. The third-order valence-electron chi connectivity index (χ3n) is 5.20. The van der Waals surface area contributed by atoms with Crippen LogP contribution in [0.1, 0.15) is 18.1 Å². The van der Waals surface area contributed by atoms with Gasteiger partial charge < -0.3 is 20.9 Å². The predicted molar refractivity (Wildman–Crippen MR) is 148 cm³/mol. The van der Waals surface area contributed by atoms with Crippen LogP contribution in [0.2, 0.25) is 0 Å². The van der Waals surface area contributed by atoms with Crippen molar-refractivity contribution in [3.05, 3.63) is 84.3 Å². The van der Waals surface area contributed by atoms with E-state index in [0.717, 1.165) is 42.2 Å². The molecule has 0 aliphatic rings. The first kappa shape index (κ1) is 25.3. The van der Waals surface area contributed by atoms with Crippen LogP contribution in [0.4, 0.5) is 5.69 Å².